The lowest BCUT2D eigenvalue weighted by atomic mass is 9.84. The van der Waals surface area contributed by atoms with Crippen LogP contribution in [0.25, 0.3) is 88.0 Å². The van der Waals surface area contributed by atoms with Crippen LogP contribution in [0.2, 0.25) is 0 Å². The third kappa shape index (κ3) is 4.17. The highest BCUT2D eigenvalue weighted by atomic mass is 16.3. The first-order chi connectivity index (χ1) is 25.7. The minimum absolute atomic E-state index is 0.158. The van der Waals surface area contributed by atoms with Gasteiger partial charge in [-0.2, -0.15) is 0 Å². The van der Waals surface area contributed by atoms with Crippen LogP contribution in [-0.4, -0.2) is 0 Å². The van der Waals surface area contributed by atoms with Crippen LogP contribution in [0.1, 0.15) is 11.0 Å². The van der Waals surface area contributed by atoms with Crippen molar-refractivity contribution in [1.29, 1.82) is 0 Å². The molecule has 0 unspecified atom stereocenters. The molecular weight excluding hydrogens is 544 g/mol. The Hall–Kier alpha value is -5.92. The Morgan fingerprint density at radius 2 is 0.867 bits per heavy atom. The van der Waals surface area contributed by atoms with E-state index < -0.39 is 24.2 Å². The average molecular weight is 581 g/mol. The maximum atomic E-state index is 9.38. The molecular formula is C44H28O. The van der Waals surface area contributed by atoms with Crippen molar-refractivity contribution in [1.82, 2.24) is 0 Å². The largest absolute Gasteiger partial charge is 0.456 e. The number of fused-ring (bicyclic) bond motifs is 5. The third-order valence-electron chi connectivity index (χ3n) is 8.51. The van der Waals surface area contributed by atoms with Crippen LogP contribution < -0.4 is 0 Å². The van der Waals surface area contributed by atoms with E-state index in [0.29, 0.717) is 27.9 Å². The maximum Gasteiger partial charge on any atom is 0.136 e. The summed E-state index contributed by atoms with van der Waals surface area (Å²) in [7, 11) is 0. The summed E-state index contributed by atoms with van der Waals surface area (Å²) in [4.78, 5) is 0. The van der Waals surface area contributed by atoms with Crippen LogP contribution in [0, 0.1) is 0 Å². The Bertz CT molecular complexity index is 2870. The molecule has 0 aliphatic rings. The van der Waals surface area contributed by atoms with Gasteiger partial charge in [-0.3, -0.25) is 0 Å². The quantitative estimate of drug-likeness (QED) is 0.189. The standard InChI is InChI=1S/C44H28O/c1-3-13-29(14-4-1)30-23-25-32(26-24-30)42-34-17-7-9-19-36(34)43(37-20-10-8-18-35(37)42)33-27-39(31-15-5-2-6-16-31)44-38-21-11-12-22-40(38)45-41(44)28-33/h1-28H/i7D,8D,9D,10D,17D,18D,19D,20D. The van der Waals surface area contributed by atoms with Crippen LogP contribution in [0.3, 0.4) is 0 Å². The lowest BCUT2D eigenvalue weighted by molar-refractivity contribution is 0.669. The Morgan fingerprint density at radius 1 is 0.378 bits per heavy atom. The third-order valence-corrected chi connectivity index (χ3v) is 8.51. The molecule has 9 rings (SSSR count). The molecule has 0 amide bonds. The Kier molecular flexibility index (Phi) is 4.30. The molecule has 0 saturated carbocycles. The van der Waals surface area contributed by atoms with Crippen LogP contribution in [0.4, 0.5) is 0 Å². The first kappa shape index (κ1) is 18.7. The van der Waals surface area contributed by atoms with Gasteiger partial charge in [0.05, 0.1) is 11.0 Å². The van der Waals surface area contributed by atoms with E-state index in [1.165, 1.54) is 0 Å². The molecule has 8 aromatic carbocycles. The number of hydrogen-bond acceptors (Lipinski definition) is 1. The molecule has 0 bridgehead atoms. The zero-order chi connectivity index (χ0) is 36.7. The Labute approximate surface area is 272 Å². The minimum atomic E-state index is -0.442. The molecule has 1 nitrogen and oxygen atoms in total. The molecule has 1 heterocycles. The minimum Gasteiger partial charge on any atom is -0.456 e. The van der Waals surface area contributed by atoms with Gasteiger partial charge in [-0.15, -0.1) is 0 Å². The topological polar surface area (TPSA) is 13.1 Å². The van der Waals surface area contributed by atoms with E-state index in [4.69, 9.17) is 9.90 Å². The summed E-state index contributed by atoms with van der Waals surface area (Å²) >= 11 is 0. The zero-order valence-electron chi connectivity index (χ0n) is 32.0. The molecule has 0 radical (unpaired) electrons. The van der Waals surface area contributed by atoms with Gasteiger partial charge in [0.1, 0.15) is 11.2 Å². The van der Waals surface area contributed by atoms with Gasteiger partial charge in [-0.1, -0.05) is 151 Å². The zero-order valence-corrected chi connectivity index (χ0v) is 24.0. The highest BCUT2D eigenvalue weighted by Gasteiger charge is 2.20. The fourth-order valence-electron chi connectivity index (χ4n) is 6.51. The SMILES string of the molecule is [2H]c1c([2H])c([2H])c2c(-c3cc(-c4ccccc4)c4c(c3)oc3ccccc34)c3c([2H])c([2H])c([2H])c([2H])c3c(-c3ccc(-c4ccccc4)cc3)c2c1[2H]. The van der Waals surface area contributed by atoms with E-state index in [-0.39, 0.29) is 51.3 Å². The van der Waals surface area contributed by atoms with E-state index in [0.717, 1.165) is 33.0 Å². The fourth-order valence-corrected chi connectivity index (χ4v) is 6.51. The summed E-state index contributed by atoms with van der Waals surface area (Å²) < 4.78 is 79.1. The van der Waals surface area contributed by atoms with Crippen LogP contribution in [0.5, 0.6) is 0 Å². The van der Waals surface area contributed by atoms with E-state index >= 15 is 0 Å². The summed E-state index contributed by atoms with van der Waals surface area (Å²) in [6.07, 6.45) is 0. The lowest BCUT2D eigenvalue weighted by Gasteiger charge is -2.18. The summed E-state index contributed by atoms with van der Waals surface area (Å²) in [5, 5.41) is 2.42. The van der Waals surface area contributed by atoms with Crippen molar-refractivity contribution in [2.75, 3.05) is 0 Å². The van der Waals surface area contributed by atoms with Crippen molar-refractivity contribution in [3.63, 3.8) is 0 Å². The molecule has 1 aromatic heterocycles. The first-order valence-corrected chi connectivity index (χ1v) is 14.8. The smallest absolute Gasteiger partial charge is 0.136 e. The molecule has 0 spiro atoms. The molecule has 1 heteroatoms. The van der Waals surface area contributed by atoms with Gasteiger partial charge in [-0.05, 0) is 84.3 Å². The second kappa shape index (κ2) is 10.4. The predicted molar refractivity (Wildman–Crippen MR) is 190 cm³/mol. The van der Waals surface area contributed by atoms with Gasteiger partial charge < -0.3 is 4.42 Å². The first-order valence-electron chi connectivity index (χ1n) is 18.8. The van der Waals surface area contributed by atoms with Gasteiger partial charge in [0.25, 0.3) is 0 Å². The normalized spacial score (nSPS) is 14.0. The molecule has 210 valence electrons. The van der Waals surface area contributed by atoms with E-state index in [1.807, 2.05) is 121 Å². The summed E-state index contributed by atoms with van der Waals surface area (Å²) in [6, 6.07) is 35.6. The van der Waals surface area contributed by atoms with Crippen molar-refractivity contribution < 1.29 is 15.4 Å². The predicted octanol–water partition coefficient (Wildman–Crippen LogP) is 12.6. The van der Waals surface area contributed by atoms with Crippen LogP contribution in [0.15, 0.2) is 174 Å². The van der Waals surface area contributed by atoms with Gasteiger partial charge in [0.15, 0.2) is 0 Å². The van der Waals surface area contributed by atoms with Gasteiger partial charge in [0.2, 0.25) is 0 Å². The summed E-state index contributed by atoms with van der Waals surface area (Å²) in [5.74, 6) is 0. The van der Waals surface area contributed by atoms with E-state index in [9.17, 15) is 5.48 Å². The molecule has 0 aliphatic carbocycles. The maximum absolute atomic E-state index is 9.38. The molecule has 0 fully saturated rings. The number of furan rings is 1. The van der Waals surface area contributed by atoms with Crippen molar-refractivity contribution in [2.24, 2.45) is 0 Å². The second-order valence-corrected chi connectivity index (χ2v) is 11.1. The monoisotopic (exact) mass is 580 g/mol. The summed E-state index contributed by atoms with van der Waals surface area (Å²) in [6.45, 7) is 0. The van der Waals surface area contributed by atoms with Crippen molar-refractivity contribution in [2.45, 2.75) is 0 Å². The van der Waals surface area contributed by atoms with Gasteiger partial charge in [-0.25, -0.2) is 0 Å². The second-order valence-electron chi connectivity index (χ2n) is 11.1. The number of benzene rings is 8. The van der Waals surface area contributed by atoms with E-state index in [1.54, 1.807) is 0 Å². The number of rotatable bonds is 4. The molecule has 9 aromatic rings. The Morgan fingerprint density at radius 3 is 1.49 bits per heavy atom. The lowest BCUT2D eigenvalue weighted by Crippen LogP contribution is -1.92. The van der Waals surface area contributed by atoms with Crippen LogP contribution >= 0.6 is 0 Å². The van der Waals surface area contributed by atoms with Crippen molar-refractivity contribution >= 4 is 43.5 Å². The average Bonchev–Trinajstić information content (AvgIpc) is 3.58. The highest BCUT2D eigenvalue weighted by molar-refractivity contribution is 6.23. The Balaban J connectivity index is 1.49. The summed E-state index contributed by atoms with van der Waals surface area (Å²) in [5.41, 5.74) is 6.45. The van der Waals surface area contributed by atoms with E-state index in [2.05, 4.69) is 0 Å². The fraction of sp³-hybridized carbons (Fsp3) is 0. The highest BCUT2D eigenvalue weighted by Crippen LogP contribution is 2.46. The van der Waals surface area contributed by atoms with Gasteiger partial charge >= 0.3 is 0 Å². The van der Waals surface area contributed by atoms with Crippen LogP contribution in [-0.2, 0) is 0 Å². The number of hydrogen-bond donors (Lipinski definition) is 0. The van der Waals surface area contributed by atoms with Gasteiger partial charge in [0, 0.05) is 10.8 Å². The number of para-hydroxylation sites is 1. The molecule has 0 saturated heterocycles. The van der Waals surface area contributed by atoms with Crippen molar-refractivity contribution in [3.8, 4) is 44.5 Å². The molecule has 0 atom stereocenters. The molecule has 45 heavy (non-hydrogen) atoms. The van der Waals surface area contributed by atoms with Crippen molar-refractivity contribution in [3.05, 3.63) is 170 Å². The molecule has 0 aliphatic heterocycles. The molecule has 0 N–H and O–H groups in total.